The van der Waals surface area contributed by atoms with E-state index < -0.39 is 27.3 Å². The zero-order valence-electron chi connectivity index (χ0n) is 11.4. The molecule has 112 valence electrons. The van der Waals surface area contributed by atoms with Crippen molar-refractivity contribution in [3.63, 3.8) is 0 Å². The fourth-order valence-electron chi connectivity index (χ4n) is 1.94. The molecule has 4 nitrogen and oxygen atoms in total. The summed E-state index contributed by atoms with van der Waals surface area (Å²) in [4.78, 5) is -0.133. The monoisotopic (exact) mass is 312 g/mol. The van der Waals surface area contributed by atoms with Crippen LogP contribution in [0.5, 0.6) is 0 Å². The Labute approximate surface area is 121 Å². The molecule has 2 aromatic rings. The smallest absolute Gasteiger partial charge is 0.264 e. The van der Waals surface area contributed by atoms with E-state index in [9.17, 15) is 17.2 Å². The highest BCUT2D eigenvalue weighted by Gasteiger charge is 2.22. The van der Waals surface area contributed by atoms with Crippen LogP contribution in [0.2, 0.25) is 0 Å². The average Bonchev–Trinajstić information content (AvgIpc) is 2.38. The maximum Gasteiger partial charge on any atom is 0.264 e. The number of hydrogen-bond donors (Lipinski definition) is 2. The number of halogens is 2. The van der Waals surface area contributed by atoms with Crippen molar-refractivity contribution in [2.75, 3.05) is 10.5 Å². The van der Waals surface area contributed by atoms with Gasteiger partial charge in [-0.1, -0.05) is 12.1 Å². The molecule has 0 aliphatic heterocycles. The molecule has 0 heterocycles. The highest BCUT2D eigenvalue weighted by Crippen LogP contribution is 2.28. The summed E-state index contributed by atoms with van der Waals surface area (Å²) in [5.74, 6) is -1.62. The minimum Gasteiger partial charge on any atom is -0.397 e. The predicted molar refractivity (Wildman–Crippen MR) is 77.5 cm³/mol. The van der Waals surface area contributed by atoms with E-state index in [0.717, 1.165) is 18.2 Å². The quantitative estimate of drug-likeness (QED) is 0.856. The third kappa shape index (κ3) is 2.97. The van der Waals surface area contributed by atoms with Crippen molar-refractivity contribution in [2.45, 2.75) is 18.7 Å². The SMILES string of the molecule is Cc1ccc(C)c(S(=O)(=O)Nc2cc(F)ccc2F)c1N. The summed E-state index contributed by atoms with van der Waals surface area (Å²) in [7, 11) is -4.12. The van der Waals surface area contributed by atoms with Crippen LogP contribution in [-0.2, 0) is 10.0 Å². The minimum atomic E-state index is -4.12. The molecule has 21 heavy (non-hydrogen) atoms. The van der Waals surface area contributed by atoms with E-state index in [1.165, 1.54) is 0 Å². The van der Waals surface area contributed by atoms with Gasteiger partial charge in [-0.25, -0.2) is 17.2 Å². The van der Waals surface area contributed by atoms with E-state index in [1.807, 2.05) is 4.72 Å². The Balaban J connectivity index is 2.54. The van der Waals surface area contributed by atoms with E-state index in [0.29, 0.717) is 11.1 Å². The molecule has 0 fully saturated rings. The van der Waals surface area contributed by atoms with E-state index in [4.69, 9.17) is 5.73 Å². The van der Waals surface area contributed by atoms with Gasteiger partial charge in [-0.05, 0) is 37.1 Å². The number of nitrogen functional groups attached to an aromatic ring is 1. The molecule has 0 radical (unpaired) electrons. The highest BCUT2D eigenvalue weighted by atomic mass is 32.2. The molecule has 0 atom stereocenters. The van der Waals surface area contributed by atoms with Crippen LogP contribution in [-0.4, -0.2) is 8.42 Å². The maximum atomic E-state index is 13.6. The minimum absolute atomic E-state index is 0.0827. The second kappa shape index (κ2) is 5.33. The fraction of sp³-hybridized carbons (Fsp3) is 0.143. The molecule has 0 aliphatic rings. The average molecular weight is 312 g/mol. The number of nitrogens with one attached hydrogen (secondary N) is 1. The largest absolute Gasteiger partial charge is 0.397 e. The number of benzene rings is 2. The summed E-state index contributed by atoms with van der Waals surface area (Å²) < 4.78 is 53.5. The molecular formula is C14H14F2N2O2S. The lowest BCUT2D eigenvalue weighted by atomic mass is 10.1. The van der Waals surface area contributed by atoms with Crippen molar-refractivity contribution in [3.8, 4) is 0 Å². The van der Waals surface area contributed by atoms with E-state index in [1.54, 1.807) is 26.0 Å². The third-order valence-electron chi connectivity index (χ3n) is 3.05. The summed E-state index contributed by atoms with van der Waals surface area (Å²) >= 11 is 0. The molecule has 0 unspecified atom stereocenters. The first-order valence-corrected chi connectivity index (χ1v) is 7.54. The molecular weight excluding hydrogens is 298 g/mol. The summed E-state index contributed by atoms with van der Waals surface area (Å²) in [6.45, 7) is 3.24. The zero-order chi connectivity index (χ0) is 15.8. The lowest BCUT2D eigenvalue weighted by molar-refractivity contribution is 0.594. The Morgan fingerprint density at radius 1 is 1.05 bits per heavy atom. The second-order valence-corrected chi connectivity index (χ2v) is 6.29. The van der Waals surface area contributed by atoms with Gasteiger partial charge >= 0.3 is 0 Å². The Hall–Kier alpha value is -2.15. The van der Waals surface area contributed by atoms with Gasteiger partial charge < -0.3 is 5.73 Å². The normalized spacial score (nSPS) is 11.4. The van der Waals surface area contributed by atoms with E-state index in [-0.39, 0.29) is 10.6 Å². The molecule has 0 aliphatic carbocycles. The summed E-state index contributed by atoms with van der Waals surface area (Å²) in [5, 5.41) is 0. The van der Waals surface area contributed by atoms with Gasteiger partial charge in [-0.2, -0.15) is 0 Å². The number of nitrogens with two attached hydrogens (primary N) is 1. The van der Waals surface area contributed by atoms with Crippen molar-refractivity contribution >= 4 is 21.4 Å². The number of rotatable bonds is 3. The van der Waals surface area contributed by atoms with Crippen LogP contribution < -0.4 is 10.5 Å². The second-order valence-electron chi connectivity index (χ2n) is 4.67. The molecule has 0 saturated heterocycles. The fourth-order valence-corrected chi connectivity index (χ4v) is 3.43. The lowest BCUT2D eigenvalue weighted by Gasteiger charge is -2.14. The summed E-state index contributed by atoms with van der Waals surface area (Å²) in [6.07, 6.45) is 0. The van der Waals surface area contributed by atoms with Crippen molar-refractivity contribution < 1.29 is 17.2 Å². The highest BCUT2D eigenvalue weighted by molar-refractivity contribution is 7.93. The molecule has 0 spiro atoms. The van der Waals surface area contributed by atoms with Crippen LogP contribution >= 0.6 is 0 Å². The first kappa shape index (κ1) is 15.2. The molecule has 7 heteroatoms. The molecule has 0 saturated carbocycles. The van der Waals surface area contributed by atoms with Crippen LogP contribution in [0.25, 0.3) is 0 Å². The first-order valence-electron chi connectivity index (χ1n) is 6.06. The molecule has 2 aromatic carbocycles. The van der Waals surface area contributed by atoms with Gasteiger partial charge in [0.05, 0.1) is 11.4 Å². The molecule has 0 amide bonds. The van der Waals surface area contributed by atoms with Gasteiger partial charge in [0.1, 0.15) is 16.5 Å². The summed E-state index contributed by atoms with van der Waals surface area (Å²) in [5.41, 5.74) is 6.43. The molecule has 2 rings (SSSR count). The van der Waals surface area contributed by atoms with E-state index >= 15 is 0 Å². The van der Waals surface area contributed by atoms with Gasteiger partial charge in [0.25, 0.3) is 10.0 Å². The standard InChI is InChI=1S/C14H14F2N2O2S/c1-8-3-4-9(2)14(13(8)17)21(19,20)18-12-7-10(15)5-6-11(12)16/h3-7,18H,17H2,1-2H3. The number of sulfonamides is 1. The molecule has 0 aromatic heterocycles. The van der Waals surface area contributed by atoms with Crippen LogP contribution in [0.4, 0.5) is 20.2 Å². The van der Waals surface area contributed by atoms with Crippen LogP contribution in [0, 0.1) is 25.5 Å². The number of hydrogen-bond acceptors (Lipinski definition) is 3. The van der Waals surface area contributed by atoms with Gasteiger partial charge in [-0.3, -0.25) is 4.72 Å². The first-order chi connectivity index (χ1) is 9.72. The van der Waals surface area contributed by atoms with Gasteiger partial charge in [0.2, 0.25) is 0 Å². The number of anilines is 2. The Kier molecular flexibility index (Phi) is 3.87. The van der Waals surface area contributed by atoms with Crippen molar-refractivity contribution in [1.29, 1.82) is 0 Å². The van der Waals surface area contributed by atoms with Crippen molar-refractivity contribution in [2.24, 2.45) is 0 Å². The van der Waals surface area contributed by atoms with Gasteiger partial charge in [-0.15, -0.1) is 0 Å². The maximum absolute atomic E-state index is 13.6. The van der Waals surface area contributed by atoms with E-state index in [2.05, 4.69) is 0 Å². The lowest BCUT2D eigenvalue weighted by Crippen LogP contribution is -2.17. The zero-order valence-corrected chi connectivity index (χ0v) is 12.3. The van der Waals surface area contributed by atoms with Crippen molar-refractivity contribution in [1.82, 2.24) is 0 Å². The summed E-state index contributed by atoms with van der Waals surface area (Å²) in [6, 6.07) is 5.81. The Bertz CT molecular complexity index is 805. The predicted octanol–water partition coefficient (Wildman–Crippen LogP) is 2.96. The van der Waals surface area contributed by atoms with Crippen LogP contribution in [0.15, 0.2) is 35.2 Å². The Morgan fingerprint density at radius 2 is 1.67 bits per heavy atom. The van der Waals surface area contributed by atoms with Crippen molar-refractivity contribution in [3.05, 3.63) is 53.1 Å². The number of aryl methyl sites for hydroxylation is 2. The van der Waals surface area contributed by atoms with Gasteiger partial charge in [0.15, 0.2) is 0 Å². The van der Waals surface area contributed by atoms with Crippen LogP contribution in [0.3, 0.4) is 0 Å². The third-order valence-corrected chi connectivity index (χ3v) is 4.62. The molecule has 0 bridgehead atoms. The van der Waals surface area contributed by atoms with Gasteiger partial charge in [0, 0.05) is 6.07 Å². The topological polar surface area (TPSA) is 72.2 Å². The Morgan fingerprint density at radius 3 is 2.33 bits per heavy atom. The van der Waals surface area contributed by atoms with Crippen LogP contribution in [0.1, 0.15) is 11.1 Å². The molecule has 3 N–H and O–H groups in total.